The van der Waals surface area contributed by atoms with Crippen LogP contribution in [0.2, 0.25) is 0 Å². The Bertz CT molecular complexity index is 604. The van der Waals surface area contributed by atoms with Crippen molar-refractivity contribution in [2.75, 3.05) is 23.7 Å². The SMILES string of the molecule is Nc1ccc(N2CCCCCC2)c(C(O)c2ccccc2)c1. The van der Waals surface area contributed by atoms with Gasteiger partial charge in [-0.05, 0) is 36.6 Å². The van der Waals surface area contributed by atoms with E-state index in [1.165, 1.54) is 25.7 Å². The van der Waals surface area contributed by atoms with Gasteiger partial charge in [-0.2, -0.15) is 0 Å². The molecule has 3 heteroatoms. The molecule has 1 heterocycles. The van der Waals surface area contributed by atoms with E-state index in [9.17, 15) is 5.11 Å². The Kier molecular flexibility index (Phi) is 4.64. The van der Waals surface area contributed by atoms with Gasteiger partial charge >= 0.3 is 0 Å². The van der Waals surface area contributed by atoms with E-state index in [0.717, 1.165) is 29.9 Å². The zero-order valence-electron chi connectivity index (χ0n) is 12.9. The van der Waals surface area contributed by atoms with Gasteiger partial charge in [-0.25, -0.2) is 0 Å². The molecule has 0 saturated carbocycles. The fourth-order valence-electron chi connectivity index (χ4n) is 3.21. The summed E-state index contributed by atoms with van der Waals surface area (Å²) in [5, 5.41) is 10.8. The van der Waals surface area contributed by atoms with E-state index in [1.807, 2.05) is 42.5 Å². The molecule has 3 rings (SSSR count). The molecule has 3 nitrogen and oxygen atoms in total. The third-order valence-electron chi connectivity index (χ3n) is 4.41. The largest absolute Gasteiger partial charge is 0.399 e. The van der Waals surface area contributed by atoms with Crippen molar-refractivity contribution in [3.05, 3.63) is 59.7 Å². The second-order valence-corrected chi connectivity index (χ2v) is 6.03. The van der Waals surface area contributed by atoms with Crippen molar-refractivity contribution in [3.8, 4) is 0 Å². The van der Waals surface area contributed by atoms with Gasteiger partial charge in [-0.1, -0.05) is 43.2 Å². The van der Waals surface area contributed by atoms with Gasteiger partial charge in [0.2, 0.25) is 0 Å². The molecule has 1 unspecified atom stereocenters. The van der Waals surface area contributed by atoms with Crippen LogP contribution in [0.5, 0.6) is 0 Å². The summed E-state index contributed by atoms with van der Waals surface area (Å²) in [4.78, 5) is 2.40. The summed E-state index contributed by atoms with van der Waals surface area (Å²) >= 11 is 0. The first-order valence-electron chi connectivity index (χ1n) is 8.13. The molecule has 1 aliphatic rings. The maximum absolute atomic E-state index is 10.8. The summed E-state index contributed by atoms with van der Waals surface area (Å²) < 4.78 is 0. The van der Waals surface area contributed by atoms with E-state index in [-0.39, 0.29) is 0 Å². The standard InChI is InChI=1S/C19H24N2O/c20-16-10-11-18(21-12-6-1-2-7-13-21)17(14-16)19(22)15-8-4-3-5-9-15/h3-5,8-11,14,19,22H,1-2,6-7,12-13,20H2. The minimum atomic E-state index is -0.636. The number of anilines is 2. The van der Waals surface area contributed by atoms with Gasteiger partial charge in [0.05, 0.1) is 0 Å². The van der Waals surface area contributed by atoms with Crippen LogP contribution < -0.4 is 10.6 Å². The highest BCUT2D eigenvalue weighted by Gasteiger charge is 2.19. The smallest absolute Gasteiger partial charge is 0.106 e. The third-order valence-corrected chi connectivity index (χ3v) is 4.41. The van der Waals surface area contributed by atoms with E-state index in [1.54, 1.807) is 0 Å². The second-order valence-electron chi connectivity index (χ2n) is 6.03. The van der Waals surface area contributed by atoms with Gasteiger partial charge in [-0.15, -0.1) is 0 Å². The summed E-state index contributed by atoms with van der Waals surface area (Å²) in [5.41, 5.74) is 9.61. The van der Waals surface area contributed by atoms with Crippen molar-refractivity contribution >= 4 is 11.4 Å². The number of aliphatic hydroxyl groups excluding tert-OH is 1. The molecule has 0 aliphatic carbocycles. The van der Waals surface area contributed by atoms with Crippen LogP contribution in [0.15, 0.2) is 48.5 Å². The van der Waals surface area contributed by atoms with E-state index in [2.05, 4.69) is 11.0 Å². The zero-order valence-corrected chi connectivity index (χ0v) is 12.9. The minimum Gasteiger partial charge on any atom is -0.399 e. The van der Waals surface area contributed by atoms with Crippen LogP contribution in [0.4, 0.5) is 11.4 Å². The molecule has 1 atom stereocenters. The molecule has 0 aromatic heterocycles. The lowest BCUT2D eigenvalue weighted by molar-refractivity contribution is 0.220. The van der Waals surface area contributed by atoms with Crippen LogP contribution >= 0.6 is 0 Å². The number of benzene rings is 2. The number of nitrogens with zero attached hydrogens (tertiary/aromatic N) is 1. The van der Waals surface area contributed by atoms with Crippen LogP contribution in [0.1, 0.15) is 42.9 Å². The molecule has 22 heavy (non-hydrogen) atoms. The van der Waals surface area contributed by atoms with Crippen molar-refractivity contribution in [2.24, 2.45) is 0 Å². The van der Waals surface area contributed by atoms with Gasteiger partial charge in [0.1, 0.15) is 6.10 Å². The lowest BCUT2D eigenvalue weighted by atomic mass is 9.98. The highest BCUT2D eigenvalue weighted by Crippen LogP contribution is 2.33. The van der Waals surface area contributed by atoms with Crippen molar-refractivity contribution in [1.29, 1.82) is 0 Å². The van der Waals surface area contributed by atoms with Crippen molar-refractivity contribution < 1.29 is 5.11 Å². The van der Waals surface area contributed by atoms with Crippen LogP contribution in [0.25, 0.3) is 0 Å². The van der Waals surface area contributed by atoms with Crippen molar-refractivity contribution in [2.45, 2.75) is 31.8 Å². The molecule has 3 N–H and O–H groups in total. The van der Waals surface area contributed by atoms with E-state index in [0.29, 0.717) is 5.69 Å². The molecular weight excluding hydrogens is 272 g/mol. The molecule has 0 bridgehead atoms. The monoisotopic (exact) mass is 296 g/mol. The first-order chi connectivity index (χ1) is 10.8. The number of hydrogen-bond donors (Lipinski definition) is 2. The van der Waals surface area contributed by atoms with Crippen molar-refractivity contribution in [1.82, 2.24) is 0 Å². The lowest BCUT2D eigenvalue weighted by Crippen LogP contribution is -2.25. The molecule has 1 aliphatic heterocycles. The summed E-state index contributed by atoms with van der Waals surface area (Å²) in [6, 6.07) is 15.7. The molecule has 2 aromatic carbocycles. The zero-order chi connectivity index (χ0) is 15.4. The topological polar surface area (TPSA) is 49.5 Å². The van der Waals surface area contributed by atoms with Gasteiger partial charge in [0.15, 0.2) is 0 Å². The molecule has 0 spiro atoms. The van der Waals surface area contributed by atoms with Gasteiger partial charge in [0, 0.05) is 30.0 Å². The Hall–Kier alpha value is -2.00. The number of hydrogen-bond acceptors (Lipinski definition) is 3. The van der Waals surface area contributed by atoms with Gasteiger partial charge in [0.25, 0.3) is 0 Å². The summed E-state index contributed by atoms with van der Waals surface area (Å²) in [7, 11) is 0. The maximum Gasteiger partial charge on any atom is 0.106 e. The molecular formula is C19H24N2O. The van der Waals surface area contributed by atoms with E-state index >= 15 is 0 Å². The summed E-state index contributed by atoms with van der Waals surface area (Å²) in [5.74, 6) is 0. The predicted octanol–water partition coefficient (Wildman–Crippen LogP) is 3.73. The highest BCUT2D eigenvalue weighted by atomic mass is 16.3. The Balaban J connectivity index is 1.97. The van der Waals surface area contributed by atoms with Crippen molar-refractivity contribution in [3.63, 3.8) is 0 Å². The van der Waals surface area contributed by atoms with E-state index < -0.39 is 6.10 Å². The third kappa shape index (κ3) is 3.25. The molecule has 2 aromatic rings. The summed E-state index contributed by atoms with van der Waals surface area (Å²) in [6.45, 7) is 2.11. The van der Waals surface area contributed by atoms with Gasteiger partial charge in [-0.3, -0.25) is 0 Å². The first-order valence-corrected chi connectivity index (χ1v) is 8.13. The normalized spacial score (nSPS) is 17.0. The number of aliphatic hydroxyl groups is 1. The minimum absolute atomic E-state index is 0.636. The van der Waals surface area contributed by atoms with E-state index in [4.69, 9.17) is 5.73 Å². The number of nitrogen functional groups attached to an aromatic ring is 1. The average Bonchev–Trinajstić information content (AvgIpc) is 2.84. The molecule has 0 amide bonds. The second kappa shape index (κ2) is 6.84. The molecule has 1 fully saturated rings. The maximum atomic E-state index is 10.8. The molecule has 1 saturated heterocycles. The Labute approximate surface area is 132 Å². The molecule has 116 valence electrons. The average molecular weight is 296 g/mol. The summed E-state index contributed by atoms with van der Waals surface area (Å²) in [6.07, 6.45) is 4.38. The predicted molar refractivity (Wildman–Crippen MR) is 92.0 cm³/mol. The molecule has 0 radical (unpaired) electrons. The Morgan fingerprint density at radius 3 is 2.27 bits per heavy atom. The number of nitrogens with two attached hydrogens (primary N) is 1. The number of rotatable bonds is 3. The Morgan fingerprint density at radius 2 is 1.59 bits per heavy atom. The van der Waals surface area contributed by atoms with Crippen LogP contribution in [-0.2, 0) is 0 Å². The quantitative estimate of drug-likeness (QED) is 0.849. The Morgan fingerprint density at radius 1 is 0.909 bits per heavy atom. The lowest BCUT2D eigenvalue weighted by Gasteiger charge is -2.27. The highest BCUT2D eigenvalue weighted by molar-refractivity contribution is 5.62. The van der Waals surface area contributed by atoms with Crippen LogP contribution in [0, 0.1) is 0 Å². The fourth-order valence-corrected chi connectivity index (χ4v) is 3.21. The fraction of sp³-hybridized carbons (Fsp3) is 0.368. The van der Waals surface area contributed by atoms with Crippen LogP contribution in [-0.4, -0.2) is 18.2 Å². The first kappa shape index (κ1) is 14.9. The van der Waals surface area contributed by atoms with Crippen LogP contribution in [0.3, 0.4) is 0 Å². The van der Waals surface area contributed by atoms with Gasteiger partial charge < -0.3 is 15.7 Å².